The summed E-state index contributed by atoms with van der Waals surface area (Å²) in [7, 11) is 0. The van der Waals surface area contributed by atoms with Crippen LogP contribution in [-0.4, -0.2) is 28.6 Å². The molecule has 0 aliphatic carbocycles. The third kappa shape index (κ3) is 3.55. The monoisotopic (exact) mass is 277 g/mol. The van der Waals surface area contributed by atoms with Crippen molar-refractivity contribution in [2.45, 2.75) is 32.9 Å². The van der Waals surface area contributed by atoms with E-state index in [0.29, 0.717) is 12.6 Å². The summed E-state index contributed by atoms with van der Waals surface area (Å²) in [6.45, 7) is 5.62. The average molecular weight is 277 g/mol. The highest BCUT2D eigenvalue weighted by atomic mass is 32.1. The van der Waals surface area contributed by atoms with Crippen molar-refractivity contribution in [3.63, 3.8) is 0 Å². The number of carboxylic acids is 1. The molecule has 102 valence electrons. The summed E-state index contributed by atoms with van der Waals surface area (Å²) in [6.07, 6.45) is 0.195. The maximum absolute atomic E-state index is 10.7. The Morgan fingerprint density at radius 2 is 2.11 bits per heavy atom. The predicted octanol–water partition coefficient (Wildman–Crippen LogP) is 3.59. The SMILES string of the molecule is CC(C)N(CCC(=O)O)Cc1csc2ccccc12. The van der Waals surface area contributed by atoms with E-state index in [9.17, 15) is 4.79 Å². The zero-order chi connectivity index (χ0) is 13.8. The van der Waals surface area contributed by atoms with Crippen molar-refractivity contribution in [2.75, 3.05) is 6.54 Å². The fraction of sp³-hybridized carbons (Fsp3) is 0.400. The number of benzene rings is 1. The number of rotatable bonds is 6. The van der Waals surface area contributed by atoms with Crippen molar-refractivity contribution in [3.05, 3.63) is 35.2 Å². The zero-order valence-electron chi connectivity index (χ0n) is 11.3. The molecule has 1 heterocycles. The summed E-state index contributed by atoms with van der Waals surface area (Å²) < 4.78 is 1.29. The summed E-state index contributed by atoms with van der Waals surface area (Å²) in [5, 5.41) is 12.3. The fourth-order valence-corrected chi connectivity index (χ4v) is 3.09. The molecule has 0 spiro atoms. The lowest BCUT2D eigenvalue weighted by Crippen LogP contribution is -2.32. The Hall–Kier alpha value is -1.39. The molecule has 0 fully saturated rings. The highest BCUT2D eigenvalue weighted by molar-refractivity contribution is 7.17. The van der Waals surface area contributed by atoms with Gasteiger partial charge in [-0.1, -0.05) is 18.2 Å². The second-order valence-corrected chi connectivity index (χ2v) is 5.88. The minimum Gasteiger partial charge on any atom is -0.481 e. The molecule has 1 aromatic heterocycles. The third-order valence-electron chi connectivity index (χ3n) is 3.28. The van der Waals surface area contributed by atoms with E-state index in [1.54, 1.807) is 11.3 Å². The molecule has 0 atom stereocenters. The number of hydrogen-bond acceptors (Lipinski definition) is 3. The quantitative estimate of drug-likeness (QED) is 0.877. The lowest BCUT2D eigenvalue weighted by Gasteiger charge is -2.25. The van der Waals surface area contributed by atoms with Gasteiger partial charge in [-0.2, -0.15) is 0 Å². The van der Waals surface area contributed by atoms with Crippen LogP contribution in [0.15, 0.2) is 29.6 Å². The van der Waals surface area contributed by atoms with Crippen molar-refractivity contribution in [3.8, 4) is 0 Å². The Labute approximate surface area is 117 Å². The first-order valence-corrected chi connectivity index (χ1v) is 7.37. The van der Waals surface area contributed by atoms with Crippen LogP contribution in [0.2, 0.25) is 0 Å². The highest BCUT2D eigenvalue weighted by Gasteiger charge is 2.14. The second kappa shape index (κ2) is 6.17. The van der Waals surface area contributed by atoms with Gasteiger partial charge >= 0.3 is 5.97 Å². The minimum atomic E-state index is -0.735. The molecule has 0 unspecified atom stereocenters. The van der Waals surface area contributed by atoms with Crippen LogP contribution < -0.4 is 0 Å². The molecule has 0 radical (unpaired) electrons. The summed E-state index contributed by atoms with van der Waals surface area (Å²) in [5.41, 5.74) is 1.29. The number of carboxylic acid groups (broad SMARTS) is 1. The molecule has 0 amide bonds. The van der Waals surface area contributed by atoms with Gasteiger partial charge in [-0.15, -0.1) is 11.3 Å². The smallest absolute Gasteiger partial charge is 0.304 e. The van der Waals surface area contributed by atoms with Crippen molar-refractivity contribution in [2.24, 2.45) is 0 Å². The van der Waals surface area contributed by atoms with E-state index < -0.39 is 5.97 Å². The van der Waals surface area contributed by atoms with Crippen molar-refractivity contribution < 1.29 is 9.90 Å². The van der Waals surface area contributed by atoms with Crippen LogP contribution in [0.25, 0.3) is 10.1 Å². The summed E-state index contributed by atoms with van der Waals surface area (Å²) in [6, 6.07) is 8.71. The van der Waals surface area contributed by atoms with Gasteiger partial charge in [-0.3, -0.25) is 9.69 Å². The van der Waals surface area contributed by atoms with E-state index in [0.717, 1.165) is 6.54 Å². The first-order chi connectivity index (χ1) is 9.08. The molecule has 0 bridgehead atoms. The van der Waals surface area contributed by atoms with E-state index in [-0.39, 0.29) is 6.42 Å². The van der Waals surface area contributed by atoms with E-state index in [1.165, 1.54) is 15.6 Å². The van der Waals surface area contributed by atoms with Crippen LogP contribution >= 0.6 is 11.3 Å². The Kier molecular flexibility index (Phi) is 4.56. The van der Waals surface area contributed by atoms with Crippen LogP contribution in [0, 0.1) is 0 Å². The van der Waals surface area contributed by atoms with Crippen molar-refractivity contribution in [1.29, 1.82) is 0 Å². The number of fused-ring (bicyclic) bond motifs is 1. The van der Waals surface area contributed by atoms with Gasteiger partial charge in [0.1, 0.15) is 0 Å². The van der Waals surface area contributed by atoms with E-state index >= 15 is 0 Å². The maximum atomic E-state index is 10.7. The largest absolute Gasteiger partial charge is 0.481 e. The molecular formula is C15H19NO2S. The van der Waals surface area contributed by atoms with Gasteiger partial charge in [0.05, 0.1) is 6.42 Å². The highest BCUT2D eigenvalue weighted by Crippen LogP contribution is 2.27. The van der Waals surface area contributed by atoms with Crippen molar-refractivity contribution >= 4 is 27.4 Å². The van der Waals surface area contributed by atoms with Crippen LogP contribution in [0.1, 0.15) is 25.8 Å². The lowest BCUT2D eigenvalue weighted by molar-refractivity contribution is -0.137. The third-order valence-corrected chi connectivity index (χ3v) is 4.29. The van der Waals surface area contributed by atoms with E-state index in [1.807, 2.05) is 6.07 Å². The van der Waals surface area contributed by atoms with E-state index in [2.05, 4.69) is 42.3 Å². The molecule has 0 saturated heterocycles. The topological polar surface area (TPSA) is 40.5 Å². The second-order valence-electron chi connectivity index (χ2n) is 4.97. The van der Waals surface area contributed by atoms with Gasteiger partial charge < -0.3 is 5.11 Å². The van der Waals surface area contributed by atoms with E-state index in [4.69, 9.17) is 5.11 Å². The Morgan fingerprint density at radius 3 is 2.79 bits per heavy atom. The van der Waals surface area contributed by atoms with Gasteiger partial charge in [0.25, 0.3) is 0 Å². The Morgan fingerprint density at radius 1 is 1.37 bits per heavy atom. The Balaban J connectivity index is 2.14. The van der Waals surface area contributed by atoms with Gasteiger partial charge in [0.15, 0.2) is 0 Å². The number of hydrogen-bond donors (Lipinski definition) is 1. The summed E-state index contributed by atoms with van der Waals surface area (Å²) in [5.74, 6) is -0.735. The molecule has 19 heavy (non-hydrogen) atoms. The van der Waals surface area contributed by atoms with Gasteiger partial charge in [-0.25, -0.2) is 0 Å². The molecule has 3 nitrogen and oxygen atoms in total. The fourth-order valence-electron chi connectivity index (χ4n) is 2.13. The summed E-state index contributed by atoms with van der Waals surface area (Å²) in [4.78, 5) is 12.9. The number of aliphatic carboxylic acids is 1. The number of thiophene rings is 1. The molecule has 0 aliphatic rings. The normalized spacial score (nSPS) is 11.6. The number of nitrogens with zero attached hydrogens (tertiary/aromatic N) is 1. The molecule has 2 rings (SSSR count). The minimum absolute atomic E-state index is 0.195. The van der Waals surface area contributed by atoms with Crippen LogP contribution in [0.3, 0.4) is 0 Å². The Bertz CT molecular complexity index is 562. The molecular weight excluding hydrogens is 258 g/mol. The molecule has 0 aliphatic heterocycles. The first kappa shape index (κ1) is 14.0. The van der Waals surface area contributed by atoms with Gasteiger partial charge in [0, 0.05) is 23.8 Å². The maximum Gasteiger partial charge on any atom is 0.304 e. The summed E-state index contributed by atoms with van der Waals surface area (Å²) >= 11 is 1.75. The van der Waals surface area contributed by atoms with Crippen LogP contribution in [0.5, 0.6) is 0 Å². The van der Waals surface area contributed by atoms with Gasteiger partial charge in [0.2, 0.25) is 0 Å². The standard InChI is InChI=1S/C15H19NO2S/c1-11(2)16(8-7-15(17)18)9-12-10-19-14-6-4-3-5-13(12)14/h3-6,10-11H,7-9H2,1-2H3,(H,17,18). The van der Waals surface area contributed by atoms with Crippen LogP contribution in [0.4, 0.5) is 0 Å². The average Bonchev–Trinajstić information content (AvgIpc) is 2.77. The van der Waals surface area contributed by atoms with Gasteiger partial charge in [-0.05, 0) is 36.2 Å². The molecule has 4 heteroatoms. The molecule has 1 aromatic carbocycles. The number of carbonyl (C=O) groups is 1. The molecule has 2 aromatic rings. The van der Waals surface area contributed by atoms with Crippen molar-refractivity contribution in [1.82, 2.24) is 4.90 Å². The zero-order valence-corrected chi connectivity index (χ0v) is 12.1. The lowest BCUT2D eigenvalue weighted by atomic mass is 10.1. The predicted molar refractivity (Wildman–Crippen MR) is 79.6 cm³/mol. The molecule has 1 N–H and O–H groups in total. The van der Waals surface area contributed by atoms with Crippen LogP contribution in [-0.2, 0) is 11.3 Å². The first-order valence-electron chi connectivity index (χ1n) is 6.49. The molecule has 0 saturated carbocycles.